The Kier molecular flexibility index (Phi) is 3.67. The largest absolute Gasteiger partial charge is 0.349 e. The highest BCUT2D eigenvalue weighted by molar-refractivity contribution is 6.05. The van der Waals surface area contributed by atoms with Gasteiger partial charge in [-0.05, 0) is 18.5 Å². The monoisotopic (exact) mass is 229 g/mol. The third-order valence-electron chi connectivity index (χ3n) is 2.55. The van der Waals surface area contributed by atoms with Gasteiger partial charge in [-0.3, -0.25) is 9.78 Å². The SMILES string of the molecule is CNCCNC(=O)c1nccc2ccccc12. The van der Waals surface area contributed by atoms with Gasteiger partial charge in [0.05, 0.1) is 0 Å². The Hall–Kier alpha value is -1.94. The number of nitrogens with zero attached hydrogens (tertiary/aromatic N) is 1. The number of carbonyl (C=O) groups excluding carboxylic acids is 1. The molecule has 1 heterocycles. The van der Waals surface area contributed by atoms with Crippen molar-refractivity contribution in [2.24, 2.45) is 0 Å². The first-order chi connectivity index (χ1) is 8.33. The normalized spacial score (nSPS) is 10.4. The fraction of sp³-hybridized carbons (Fsp3) is 0.231. The molecule has 17 heavy (non-hydrogen) atoms. The van der Waals surface area contributed by atoms with Crippen LogP contribution in [-0.4, -0.2) is 31.0 Å². The molecule has 0 spiro atoms. The Balaban J connectivity index is 2.26. The molecule has 2 rings (SSSR count). The van der Waals surface area contributed by atoms with Crippen LogP contribution in [0.25, 0.3) is 10.8 Å². The van der Waals surface area contributed by atoms with Crippen LogP contribution in [0.15, 0.2) is 36.5 Å². The van der Waals surface area contributed by atoms with Crippen molar-refractivity contribution >= 4 is 16.7 Å². The third-order valence-corrected chi connectivity index (χ3v) is 2.55. The lowest BCUT2D eigenvalue weighted by Gasteiger charge is -2.06. The molecule has 0 fully saturated rings. The number of aromatic nitrogens is 1. The van der Waals surface area contributed by atoms with Gasteiger partial charge in [-0.2, -0.15) is 0 Å². The summed E-state index contributed by atoms with van der Waals surface area (Å²) in [5.41, 5.74) is 0.485. The molecule has 4 heteroatoms. The van der Waals surface area contributed by atoms with E-state index < -0.39 is 0 Å². The van der Waals surface area contributed by atoms with Crippen molar-refractivity contribution in [3.63, 3.8) is 0 Å². The van der Waals surface area contributed by atoms with Crippen LogP contribution in [0.4, 0.5) is 0 Å². The summed E-state index contributed by atoms with van der Waals surface area (Å²) in [6.45, 7) is 1.34. The Morgan fingerprint density at radius 3 is 2.88 bits per heavy atom. The second-order valence-electron chi connectivity index (χ2n) is 3.74. The van der Waals surface area contributed by atoms with Crippen molar-refractivity contribution in [2.45, 2.75) is 0 Å². The zero-order valence-electron chi connectivity index (χ0n) is 9.73. The van der Waals surface area contributed by atoms with Gasteiger partial charge in [0.25, 0.3) is 5.91 Å². The van der Waals surface area contributed by atoms with Crippen LogP contribution in [-0.2, 0) is 0 Å². The summed E-state index contributed by atoms with van der Waals surface area (Å²) in [6.07, 6.45) is 1.66. The van der Waals surface area contributed by atoms with Gasteiger partial charge in [0, 0.05) is 24.7 Å². The van der Waals surface area contributed by atoms with E-state index in [1.807, 2.05) is 37.4 Å². The van der Waals surface area contributed by atoms with Crippen molar-refractivity contribution in [3.8, 4) is 0 Å². The number of carbonyl (C=O) groups is 1. The maximum absolute atomic E-state index is 11.9. The Morgan fingerprint density at radius 1 is 1.24 bits per heavy atom. The number of amides is 1. The molecule has 1 aromatic heterocycles. The van der Waals surface area contributed by atoms with Gasteiger partial charge in [0.1, 0.15) is 5.69 Å². The topological polar surface area (TPSA) is 54.0 Å². The van der Waals surface area contributed by atoms with E-state index in [1.54, 1.807) is 6.20 Å². The highest BCUT2D eigenvalue weighted by Gasteiger charge is 2.09. The average Bonchev–Trinajstić information content (AvgIpc) is 2.38. The molecule has 0 aliphatic rings. The molecule has 1 aromatic carbocycles. The van der Waals surface area contributed by atoms with E-state index in [0.29, 0.717) is 12.2 Å². The quantitative estimate of drug-likeness (QED) is 0.774. The molecule has 2 N–H and O–H groups in total. The van der Waals surface area contributed by atoms with Gasteiger partial charge in [-0.15, -0.1) is 0 Å². The molecule has 2 aromatic rings. The average molecular weight is 229 g/mol. The van der Waals surface area contributed by atoms with Gasteiger partial charge >= 0.3 is 0 Å². The van der Waals surface area contributed by atoms with E-state index in [-0.39, 0.29) is 5.91 Å². The maximum atomic E-state index is 11.9. The molecule has 0 saturated carbocycles. The number of fused-ring (bicyclic) bond motifs is 1. The van der Waals surface area contributed by atoms with E-state index in [1.165, 1.54) is 0 Å². The van der Waals surface area contributed by atoms with Gasteiger partial charge in [0.15, 0.2) is 0 Å². The van der Waals surface area contributed by atoms with Gasteiger partial charge in [0.2, 0.25) is 0 Å². The van der Waals surface area contributed by atoms with Crippen molar-refractivity contribution < 1.29 is 4.79 Å². The lowest BCUT2D eigenvalue weighted by molar-refractivity contribution is 0.0951. The van der Waals surface area contributed by atoms with E-state index in [2.05, 4.69) is 15.6 Å². The number of nitrogens with one attached hydrogen (secondary N) is 2. The Morgan fingerprint density at radius 2 is 2.06 bits per heavy atom. The molecular formula is C13H15N3O. The molecule has 0 atom stereocenters. The predicted molar refractivity (Wildman–Crippen MR) is 68.0 cm³/mol. The number of hydrogen-bond donors (Lipinski definition) is 2. The number of pyridine rings is 1. The summed E-state index contributed by atoms with van der Waals surface area (Å²) in [5, 5.41) is 7.72. The molecule has 0 saturated heterocycles. The number of likely N-dealkylation sites (N-methyl/N-ethyl adjacent to an activating group) is 1. The van der Waals surface area contributed by atoms with Gasteiger partial charge in [-0.25, -0.2) is 0 Å². The molecule has 0 aliphatic heterocycles. The fourth-order valence-electron chi connectivity index (χ4n) is 1.69. The van der Waals surface area contributed by atoms with Crippen LogP contribution in [0.2, 0.25) is 0 Å². The fourth-order valence-corrected chi connectivity index (χ4v) is 1.69. The van der Waals surface area contributed by atoms with Crippen LogP contribution in [0.3, 0.4) is 0 Å². The van der Waals surface area contributed by atoms with Crippen molar-refractivity contribution in [3.05, 3.63) is 42.2 Å². The highest BCUT2D eigenvalue weighted by atomic mass is 16.1. The molecule has 0 aliphatic carbocycles. The molecule has 0 radical (unpaired) electrons. The standard InChI is InChI=1S/C13H15N3O/c1-14-8-9-16-13(17)12-11-5-3-2-4-10(11)6-7-15-12/h2-7,14H,8-9H2,1H3,(H,16,17). The second-order valence-corrected chi connectivity index (χ2v) is 3.74. The van der Waals surface area contributed by atoms with E-state index in [4.69, 9.17) is 0 Å². The summed E-state index contributed by atoms with van der Waals surface area (Å²) < 4.78 is 0. The highest BCUT2D eigenvalue weighted by Crippen LogP contribution is 2.15. The second kappa shape index (κ2) is 5.41. The summed E-state index contributed by atoms with van der Waals surface area (Å²) in [6, 6.07) is 9.65. The summed E-state index contributed by atoms with van der Waals surface area (Å²) >= 11 is 0. The molecule has 0 unspecified atom stereocenters. The van der Waals surface area contributed by atoms with Crippen molar-refractivity contribution in [1.82, 2.24) is 15.6 Å². The first-order valence-electron chi connectivity index (χ1n) is 5.59. The minimum absolute atomic E-state index is 0.128. The van der Waals surface area contributed by atoms with Gasteiger partial charge < -0.3 is 10.6 Å². The van der Waals surface area contributed by atoms with Gasteiger partial charge in [-0.1, -0.05) is 24.3 Å². The number of benzene rings is 1. The zero-order chi connectivity index (χ0) is 12.1. The minimum atomic E-state index is -0.128. The lowest BCUT2D eigenvalue weighted by Crippen LogP contribution is -2.31. The summed E-state index contributed by atoms with van der Waals surface area (Å²) in [7, 11) is 1.85. The number of hydrogen-bond acceptors (Lipinski definition) is 3. The van der Waals surface area contributed by atoms with E-state index in [0.717, 1.165) is 17.3 Å². The Labute approximate surface area is 100 Å². The molecule has 88 valence electrons. The van der Waals surface area contributed by atoms with Crippen LogP contribution in [0, 0.1) is 0 Å². The minimum Gasteiger partial charge on any atom is -0.349 e. The Bertz CT molecular complexity index is 520. The van der Waals surface area contributed by atoms with Crippen LogP contribution in [0.1, 0.15) is 10.5 Å². The lowest BCUT2D eigenvalue weighted by atomic mass is 10.1. The van der Waals surface area contributed by atoms with Crippen LogP contribution < -0.4 is 10.6 Å². The molecule has 0 bridgehead atoms. The number of rotatable bonds is 4. The first kappa shape index (κ1) is 11.5. The van der Waals surface area contributed by atoms with E-state index in [9.17, 15) is 4.79 Å². The van der Waals surface area contributed by atoms with Crippen LogP contribution >= 0.6 is 0 Å². The van der Waals surface area contributed by atoms with E-state index >= 15 is 0 Å². The summed E-state index contributed by atoms with van der Waals surface area (Å²) in [4.78, 5) is 16.1. The zero-order valence-corrected chi connectivity index (χ0v) is 9.73. The van der Waals surface area contributed by atoms with Crippen LogP contribution in [0.5, 0.6) is 0 Å². The summed E-state index contributed by atoms with van der Waals surface area (Å²) in [5.74, 6) is -0.128. The van der Waals surface area contributed by atoms with Crippen molar-refractivity contribution in [2.75, 3.05) is 20.1 Å². The molecule has 4 nitrogen and oxygen atoms in total. The molecule has 1 amide bonds. The predicted octanol–water partition coefficient (Wildman–Crippen LogP) is 1.18. The van der Waals surface area contributed by atoms with Crippen molar-refractivity contribution in [1.29, 1.82) is 0 Å². The molecular weight excluding hydrogens is 214 g/mol. The third kappa shape index (κ3) is 2.60. The first-order valence-corrected chi connectivity index (χ1v) is 5.59. The smallest absolute Gasteiger partial charge is 0.270 e. The maximum Gasteiger partial charge on any atom is 0.270 e.